The lowest BCUT2D eigenvalue weighted by molar-refractivity contribution is -0.705. The maximum absolute atomic E-state index is 2.64. The molecule has 1 nitrogen and oxygen atoms in total. The molecule has 0 bridgehead atoms. The summed E-state index contributed by atoms with van der Waals surface area (Å²) in [6.45, 7) is 0. The van der Waals surface area contributed by atoms with E-state index in [1.807, 2.05) is 0 Å². The lowest BCUT2D eigenvalue weighted by Crippen LogP contribution is -2.39. The minimum absolute atomic E-state index is 0.666. The van der Waals surface area contributed by atoms with Gasteiger partial charge in [-0.3, -0.25) is 0 Å². The molecule has 5 rings (SSSR count). The third kappa shape index (κ3) is 0.833. The lowest BCUT2D eigenvalue weighted by atomic mass is 9.99. The second-order valence-corrected chi connectivity index (χ2v) is 5.48. The van der Waals surface area contributed by atoms with E-state index in [1.165, 1.54) is 24.1 Å². The van der Waals surface area contributed by atoms with Gasteiger partial charge in [-0.15, -0.1) is 0 Å². The summed E-state index contributed by atoms with van der Waals surface area (Å²) in [5, 5.41) is 0. The molecule has 1 aromatic heterocycles. The molecule has 1 unspecified atom stereocenters. The number of hydrogen-bond donors (Lipinski definition) is 0. The normalized spacial score (nSPS) is 25.8. The van der Waals surface area contributed by atoms with Crippen LogP contribution in [0.5, 0.6) is 0 Å². The average Bonchev–Trinajstić information content (AvgIpc) is 3.07. The van der Waals surface area contributed by atoms with Gasteiger partial charge in [0.2, 0.25) is 5.69 Å². The first-order valence-corrected chi connectivity index (χ1v) is 6.60. The Morgan fingerprint density at radius 1 is 1.12 bits per heavy atom. The smallest absolute Gasteiger partial charge is 0.188 e. The second kappa shape index (κ2) is 2.61. The van der Waals surface area contributed by atoms with Crippen molar-refractivity contribution in [2.24, 2.45) is 0 Å². The molecular weight excluding hydrogens is 206 g/mol. The molecule has 0 radical (unpaired) electrons. The van der Waals surface area contributed by atoms with Crippen LogP contribution in [-0.2, 0) is 12.8 Å². The van der Waals surface area contributed by atoms with Gasteiger partial charge < -0.3 is 0 Å². The zero-order chi connectivity index (χ0) is 11.0. The quantitative estimate of drug-likeness (QED) is 0.592. The summed E-state index contributed by atoms with van der Waals surface area (Å²) in [6, 6.07) is 3.09. The number of rotatable bonds is 0. The maximum atomic E-state index is 2.64. The minimum Gasteiger partial charge on any atom is -0.188 e. The number of fused-ring (bicyclic) bond motifs is 4. The van der Waals surface area contributed by atoms with Crippen LogP contribution in [0.1, 0.15) is 41.4 Å². The monoisotopic (exact) mass is 220 g/mol. The van der Waals surface area contributed by atoms with Crippen molar-refractivity contribution in [2.75, 3.05) is 0 Å². The standard InChI is InChI=1S/C16H14N/c1-3-10-9-16-13-6-2-5-12(13)15-8-7-14(17(15)16)11(10)4-1/h1-3,5,9,15H,4,6-8H2/q+1. The molecule has 2 aliphatic heterocycles. The first-order chi connectivity index (χ1) is 8.43. The number of pyridine rings is 1. The topological polar surface area (TPSA) is 3.88 Å². The third-order valence-corrected chi connectivity index (χ3v) is 4.76. The second-order valence-electron chi connectivity index (χ2n) is 5.48. The van der Waals surface area contributed by atoms with E-state index in [0.29, 0.717) is 6.04 Å². The van der Waals surface area contributed by atoms with Gasteiger partial charge in [0.1, 0.15) is 0 Å². The molecule has 0 N–H and O–H groups in total. The van der Waals surface area contributed by atoms with Crippen molar-refractivity contribution >= 4 is 11.6 Å². The highest BCUT2D eigenvalue weighted by Crippen LogP contribution is 2.44. The zero-order valence-corrected chi connectivity index (χ0v) is 9.74. The van der Waals surface area contributed by atoms with Gasteiger partial charge in [-0.25, -0.2) is 0 Å². The fourth-order valence-corrected chi connectivity index (χ4v) is 4.09. The number of nitrogens with zero attached hydrogens (tertiary/aromatic N) is 1. The van der Waals surface area contributed by atoms with Crippen LogP contribution < -0.4 is 4.57 Å². The Balaban J connectivity index is 1.89. The SMILES string of the molecule is C1=CC2=C(C1)c1cc3c(c4[n+]1C2CC4)CC=C3. The van der Waals surface area contributed by atoms with E-state index in [9.17, 15) is 0 Å². The van der Waals surface area contributed by atoms with E-state index >= 15 is 0 Å². The van der Waals surface area contributed by atoms with Crippen molar-refractivity contribution in [2.45, 2.75) is 31.7 Å². The summed E-state index contributed by atoms with van der Waals surface area (Å²) >= 11 is 0. The van der Waals surface area contributed by atoms with Gasteiger partial charge in [0, 0.05) is 35.6 Å². The van der Waals surface area contributed by atoms with Crippen LogP contribution >= 0.6 is 0 Å². The van der Waals surface area contributed by atoms with Crippen LogP contribution in [0.3, 0.4) is 0 Å². The first kappa shape index (κ1) is 8.46. The Bertz CT molecular complexity index is 659. The molecule has 82 valence electrons. The predicted molar refractivity (Wildman–Crippen MR) is 67.4 cm³/mol. The van der Waals surface area contributed by atoms with Crippen LogP contribution in [0.2, 0.25) is 0 Å². The van der Waals surface area contributed by atoms with E-state index in [4.69, 9.17) is 0 Å². The Morgan fingerprint density at radius 3 is 3.06 bits per heavy atom. The van der Waals surface area contributed by atoms with Gasteiger partial charge in [-0.05, 0) is 18.4 Å². The van der Waals surface area contributed by atoms with E-state index < -0.39 is 0 Å². The summed E-state index contributed by atoms with van der Waals surface area (Å²) < 4.78 is 2.64. The van der Waals surface area contributed by atoms with Crippen molar-refractivity contribution in [3.8, 4) is 0 Å². The van der Waals surface area contributed by atoms with Crippen LogP contribution in [0.25, 0.3) is 11.6 Å². The summed E-state index contributed by atoms with van der Waals surface area (Å²) in [7, 11) is 0. The highest BCUT2D eigenvalue weighted by Gasteiger charge is 2.46. The molecule has 0 saturated carbocycles. The molecule has 2 aliphatic carbocycles. The van der Waals surface area contributed by atoms with Gasteiger partial charge in [-0.1, -0.05) is 24.3 Å². The molecule has 1 heteroatoms. The summed E-state index contributed by atoms with van der Waals surface area (Å²) in [5.41, 5.74) is 9.41. The molecule has 1 aromatic rings. The van der Waals surface area contributed by atoms with Crippen molar-refractivity contribution in [3.63, 3.8) is 0 Å². The minimum atomic E-state index is 0.666. The summed E-state index contributed by atoms with van der Waals surface area (Å²) in [4.78, 5) is 0. The maximum Gasteiger partial charge on any atom is 0.210 e. The van der Waals surface area contributed by atoms with Gasteiger partial charge in [0.15, 0.2) is 11.7 Å². The van der Waals surface area contributed by atoms with E-state index in [0.717, 1.165) is 12.8 Å². The average molecular weight is 220 g/mol. The van der Waals surface area contributed by atoms with Gasteiger partial charge >= 0.3 is 0 Å². The molecule has 0 amide bonds. The molecule has 0 saturated heterocycles. The summed E-state index contributed by atoms with van der Waals surface area (Å²) in [5.74, 6) is 0. The van der Waals surface area contributed by atoms with E-state index in [-0.39, 0.29) is 0 Å². The molecule has 0 fully saturated rings. The van der Waals surface area contributed by atoms with Crippen LogP contribution in [0.15, 0.2) is 29.9 Å². The molecule has 1 atom stereocenters. The first-order valence-electron chi connectivity index (χ1n) is 6.60. The Labute approximate surface area is 101 Å². The van der Waals surface area contributed by atoms with Crippen LogP contribution in [0.4, 0.5) is 0 Å². The van der Waals surface area contributed by atoms with Crippen molar-refractivity contribution in [1.29, 1.82) is 0 Å². The van der Waals surface area contributed by atoms with E-state index in [1.54, 1.807) is 22.4 Å². The largest absolute Gasteiger partial charge is 0.210 e. The lowest BCUT2D eigenvalue weighted by Gasteiger charge is -2.06. The van der Waals surface area contributed by atoms with Crippen LogP contribution in [-0.4, -0.2) is 0 Å². The number of allylic oxidation sites excluding steroid dienone is 5. The third-order valence-electron chi connectivity index (χ3n) is 4.76. The zero-order valence-electron chi connectivity index (χ0n) is 9.74. The number of hydrogen-bond acceptors (Lipinski definition) is 0. The highest BCUT2D eigenvalue weighted by atomic mass is 15.1. The molecule has 4 aliphatic rings. The predicted octanol–water partition coefficient (Wildman–Crippen LogP) is 2.76. The highest BCUT2D eigenvalue weighted by molar-refractivity contribution is 5.76. The fraction of sp³-hybridized carbons (Fsp3) is 0.312. The van der Waals surface area contributed by atoms with Gasteiger partial charge in [-0.2, -0.15) is 4.57 Å². The van der Waals surface area contributed by atoms with Gasteiger partial charge in [0.05, 0.1) is 0 Å². The van der Waals surface area contributed by atoms with Crippen molar-refractivity contribution in [3.05, 3.63) is 52.4 Å². The fourth-order valence-electron chi connectivity index (χ4n) is 4.09. The molecule has 0 spiro atoms. The molecule has 3 heterocycles. The van der Waals surface area contributed by atoms with E-state index in [2.05, 4.69) is 34.9 Å². The van der Waals surface area contributed by atoms with Gasteiger partial charge in [0.25, 0.3) is 0 Å². The van der Waals surface area contributed by atoms with Crippen LogP contribution in [0, 0.1) is 0 Å². The number of aromatic nitrogens is 1. The molecule has 0 aromatic carbocycles. The van der Waals surface area contributed by atoms with Crippen molar-refractivity contribution in [1.82, 2.24) is 0 Å². The molecular formula is C16H14N+. The molecule has 17 heavy (non-hydrogen) atoms. The Kier molecular flexibility index (Phi) is 1.30. The Morgan fingerprint density at radius 2 is 2.06 bits per heavy atom. The van der Waals surface area contributed by atoms with Crippen molar-refractivity contribution < 1.29 is 4.57 Å². The summed E-state index contributed by atoms with van der Waals surface area (Å²) in [6.07, 6.45) is 14.2. The Hall–Kier alpha value is -1.63.